The molecule has 0 radical (unpaired) electrons. The number of amides is 2. The highest BCUT2D eigenvalue weighted by Crippen LogP contribution is 2.40. The molecule has 0 atom stereocenters. The number of ketones is 2. The zero-order chi connectivity index (χ0) is 26.0. The molecule has 0 saturated carbocycles. The third-order valence-electron chi connectivity index (χ3n) is 7.09. The number of allylic oxidation sites excluding steroid dienone is 3. The lowest BCUT2D eigenvalue weighted by atomic mass is 9.78. The van der Waals surface area contributed by atoms with Crippen LogP contribution in [0.25, 0.3) is 0 Å². The number of fused-ring (bicyclic) bond motifs is 3. The van der Waals surface area contributed by atoms with Crippen LogP contribution in [0.4, 0.5) is 5.69 Å². The third-order valence-corrected chi connectivity index (χ3v) is 7.09. The van der Waals surface area contributed by atoms with Crippen LogP contribution < -0.4 is 10.6 Å². The van der Waals surface area contributed by atoms with Crippen LogP contribution >= 0.6 is 0 Å². The summed E-state index contributed by atoms with van der Waals surface area (Å²) in [6, 6.07) is 19.1. The molecular weight excluding hydrogens is 480 g/mol. The number of amidine groups is 2. The molecule has 0 aromatic heterocycles. The van der Waals surface area contributed by atoms with E-state index in [0.29, 0.717) is 63.7 Å². The average molecular weight is 498 g/mol. The van der Waals surface area contributed by atoms with Crippen LogP contribution in [0.5, 0.6) is 0 Å². The largest absolute Gasteiger partial charge is 0.306 e. The molecule has 4 aliphatic rings. The summed E-state index contributed by atoms with van der Waals surface area (Å²) in [7, 11) is 0. The minimum absolute atomic E-state index is 0.218. The van der Waals surface area contributed by atoms with E-state index < -0.39 is 0 Å². The monoisotopic (exact) mass is 498 g/mol. The molecule has 7 rings (SSSR count). The molecule has 0 unspecified atom stereocenters. The van der Waals surface area contributed by atoms with Crippen molar-refractivity contribution < 1.29 is 19.2 Å². The lowest BCUT2D eigenvalue weighted by molar-refractivity contribution is 0.0972. The number of hydrogen-bond donors (Lipinski definition) is 2. The standard InChI is InChI=1S/C30H18N4O4/c35-25-20-12-6-14-22(32-28-16-8-2-4-10-18(16)30(38)34-28)24(20)26(36)19-11-5-13-21(23(19)25)31-27-15-7-1-3-9-17(15)29(37)33-27/h1-5,7-11,13-14H,6,12H2,(H,31,33,37)(H,32,34,38). The average Bonchev–Trinajstić information content (AvgIpc) is 3.43. The quantitative estimate of drug-likeness (QED) is 0.554. The number of nitrogens with one attached hydrogen (secondary N) is 2. The van der Waals surface area contributed by atoms with Gasteiger partial charge in [-0.05, 0) is 31.0 Å². The Morgan fingerprint density at radius 3 is 1.84 bits per heavy atom. The van der Waals surface area contributed by atoms with Gasteiger partial charge in [0.05, 0.1) is 33.6 Å². The Balaban J connectivity index is 1.32. The molecule has 38 heavy (non-hydrogen) atoms. The number of carbonyl (C=O) groups is 4. The molecule has 0 saturated heterocycles. The van der Waals surface area contributed by atoms with Crippen molar-refractivity contribution in [2.45, 2.75) is 12.8 Å². The maximum Gasteiger partial charge on any atom is 0.257 e. The highest BCUT2D eigenvalue weighted by Gasteiger charge is 2.38. The van der Waals surface area contributed by atoms with Gasteiger partial charge in [-0.2, -0.15) is 0 Å². The zero-order valence-corrected chi connectivity index (χ0v) is 19.9. The highest BCUT2D eigenvalue weighted by atomic mass is 16.2. The van der Waals surface area contributed by atoms with Gasteiger partial charge in [0, 0.05) is 22.3 Å². The summed E-state index contributed by atoms with van der Waals surface area (Å²) >= 11 is 0. The molecule has 2 aliphatic heterocycles. The first-order valence-electron chi connectivity index (χ1n) is 12.2. The molecule has 0 spiro atoms. The molecule has 2 N–H and O–H groups in total. The summed E-state index contributed by atoms with van der Waals surface area (Å²) in [6.45, 7) is 0. The second-order valence-electron chi connectivity index (χ2n) is 9.26. The van der Waals surface area contributed by atoms with E-state index in [-0.39, 0.29) is 40.1 Å². The van der Waals surface area contributed by atoms with Crippen LogP contribution in [-0.2, 0) is 0 Å². The first-order chi connectivity index (χ1) is 18.5. The zero-order valence-electron chi connectivity index (χ0n) is 19.9. The van der Waals surface area contributed by atoms with E-state index in [1.165, 1.54) is 0 Å². The number of rotatable bonds is 2. The molecular formula is C30H18N4O4. The van der Waals surface area contributed by atoms with Crippen molar-refractivity contribution in [2.24, 2.45) is 9.98 Å². The lowest BCUT2D eigenvalue weighted by Crippen LogP contribution is -2.27. The molecule has 0 fully saturated rings. The second kappa shape index (κ2) is 8.14. The van der Waals surface area contributed by atoms with Crippen LogP contribution in [-0.4, -0.2) is 35.1 Å². The van der Waals surface area contributed by atoms with E-state index in [9.17, 15) is 19.2 Å². The van der Waals surface area contributed by atoms with E-state index in [1.54, 1.807) is 54.6 Å². The van der Waals surface area contributed by atoms with E-state index in [2.05, 4.69) is 20.6 Å². The maximum atomic E-state index is 13.8. The van der Waals surface area contributed by atoms with E-state index in [1.807, 2.05) is 18.2 Å². The summed E-state index contributed by atoms with van der Waals surface area (Å²) in [5, 5.41) is 5.53. The second-order valence-corrected chi connectivity index (χ2v) is 9.26. The third kappa shape index (κ3) is 3.17. The molecule has 182 valence electrons. The van der Waals surface area contributed by atoms with Gasteiger partial charge in [-0.25, -0.2) is 9.98 Å². The van der Waals surface area contributed by atoms with Crippen LogP contribution in [0.15, 0.2) is 99.6 Å². The minimum atomic E-state index is -0.319. The van der Waals surface area contributed by atoms with Crippen molar-refractivity contribution in [1.29, 1.82) is 0 Å². The molecule has 2 heterocycles. The number of hydrogen-bond acceptors (Lipinski definition) is 6. The summed E-state index contributed by atoms with van der Waals surface area (Å²) in [5.41, 5.74) is 4.08. The van der Waals surface area contributed by atoms with Crippen LogP contribution in [0.2, 0.25) is 0 Å². The summed E-state index contributed by atoms with van der Waals surface area (Å²) in [4.78, 5) is 61.6. The molecule has 2 aliphatic carbocycles. The Kier molecular flexibility index (Phi) is 4.71. The normalized spacial score (nSPS) is 19.6. The first-order valence-corrected chi connectivity index (χ1v) is 12.2. The van der Waals surface area contributed by atoms with Gasteiger partial charge < -0.3 is 10.6 Å². The van der Waals surface area contributed by atoms with Crippen molar-refractivity contribution in [3.63, 3.8) is 0 Å². The topological polar surface area (TPSA) is 117 Å². The predicted molar refractivity (Wildman–Crippen MR) is 140 cm³/mol. The van der Waals surface area contributed by atoms with E-state index in [4.69, 9.17) is 0 Å². The van der Waals surface area contributed by atoms with Gasteiger partial charge >= 0.3 is 0 Å². The number of nitrogens with zero attached hydrogens (tertiary/aromatic N) is 2. The number of carbonyl (C=O) groups excluding carboxylic acids is 4. The number of Topliss-reactive ketones (excluding diaryl/α,β-unsaturated/α-hetero) is 2. The Morgan fingerprint density at radius 2 is 1.18 bits per heavy atom. The van der Waals surface area contributed by atoms with E-state index >= 15 is 0 Å². The van der Waals surface area contributed by atoms with Crippen molar-refractivity contribution in [3.05, 3.63) is 123 Å². The summed E-state index contributed by atoms with van der Waals surface area (Å²) < 4.78 is 0. The predicted octanol–water partition coefficient (Wildman–Crippen LogP) is 4.05. The van der Waals surface area contributed by atoms with E-state index in [0.717, 1.165) is 0 Å². The number of benzene rings is 3. The first kappa shape index (κ1) is 22.0. The Hall–Kier alpha value is -5.24. The Bertz CT molecular complexity index is 1790. The fourth-order valence-corrected chi connectivity index (χ4v) is 5.34. The molecule has 2 amide bonds. The molecule has 8 heteroatoms. The molecule has 0 bridgehead atoms. The summed E-state index contributed by atoms with van der Waals surface area (Å²) in [5.74, 6) is -0.434. The van der Waals surface area contributed by atoms with Crippen LogP contribution in [0.3, 0.4) is 0 Å². The smallest absolute Gasteiger partial charge is 0.257 e. The van der Waals surface area contributed by atoms with Gasteiger partial charge in [0.1, 0.15) is 11.7 Å². The van der Waals surface area contributed by atoms with Gasteiger partial charge in [-0.1, -0.05) is 54.6 Å². The van der Waals surface area contributed by atoms with Crippen LogP contribution in [0.1, 0.15) is 65.4 Å². The highest BCUT2D eigenvalue weighted by molar-refractivity contribution is 6.31. The van der Waals surface area contributed by atoms with Gasteiger partial charge in [0.15, 0.2) is 11.6 Å². The minimum Gasteiger partial charge on any atom is -0.306 e. The van der Waals surface area contributed by atoms with Gasteiger partial charge in [-0.15, -0.1) is 0 Å². The van der Waals surface area contributed by atoms with Crippen molar-refractivity contribution in [3.8, 4) is 0 Å². The Labute approximate surface area is 216 Å². The fraction of sp³-hybridized carbons (Fsp3) is 0.0667. The van der Waals surface area contributed by atoms with Crippen LogP contribution in [0, 0.1) is 0 Å². The van der Waals surface area contributed by atoms with Crippen molar-refractivity contribution in [1.82, 2.24) is 10.6 Å². The summed E-state index contributed by atoms with van der Waals surface area (Å²) in [6.07, 6.45) is 2.74. The Morgan fingerprint density at radius 1 is 0.605 bits per heavy atom. The SMILES string of the molecule is O=C1NC(=NC2=CCCC3=C2C(=O)c2cccc(N=C4NC(=O)c5ccccc54)c2C3=O)c2ccccc21. The lowest BCUT2D eigenvalue weighted by Gasteiger charge is -2.25. The number of aliphatic imine (C=N–C) groups is 2. The molecule has 3 aromatic rings. The van der Waals surface area contributed by atoms with Gasteiger partial charge in [0.2, 0.25) is 0 Å². The van der Waals surface area contributed by atoms with Crippen molar-refractivity contribution >= 4 is 40.7 Å². The van der Waals surface area contributed by atoms with Gasteiger partial charge in [0.25, 0.3) is 11.8 Å². The maximum absolute atomic E-state index is 13.8. The molecule has 8 nitrogen and oxygen atoms in total. The van der Waals surface area contributed by atoms with Gasteiger partial charge in [-0.3, -0.25) is 19.2 Å². The molecule has 3 aromatic carbocycles. The van der Waals surface area contributed by atoms with Crippen molar-refractivity contribution in [2.75, 3.05) is 0 Å². The fourth-order valence-electron chi connectivity index (χ4n) is 5.34.